The number of nitrogens with one attached hydrogen (secondary N) is 1. The van der Waals surface area contributed by atoms with Gasteiger partial charge in [0.2, 0.25) is 0 Å². The Morgan fingerprint density at radius 3 is 1.68 bits per heavy atom. The highest BCUT2D eigenvalue weighted by Gasteiger charge is 2.53. The van der Waals surface area contributed by atoms with E-state index in [2.05, 4.69) is 5.32 Å². The van der Waals surface area contributed by atoms with Gasteiger partial charge in [-0.3, -0.25) is 5.32 Å². The molecule has 15 unspecified atom stereocenters. The number of ether oxygens (including phenoxy) is 7. The molecule has 3 heterocycles. The molecule has 0 aliphatic carbocycles. The first kappa shape index (κ1) is 34.8. The van der Waals surface area contributed by atoms with Gasteiger partial charge in [0.1, 0.15) is 73.2 Å². The molecule has 0 radical (unpaired) electrons. The zero-order chi connectivity index (χ0) is 30.3. The minimum atomic E-state index is -1.86. The molecule has 3 aliphatic rings. The molecule has 3 saturated heterocycles. The van der Waals surface area contributed by atoms with E-state index in [9.17, 15) is 46.0 Å². The summed E-state index contributed by atoms with van der Waals surface area (Å²) in [4.78, 5) is 0. The first-order chi connectivity index (χ1) is 19.6. The van der Waals surface area contributed by atoms with Crippen LogP contribution in [0.3, 0.4) is 0 Å². The number of aliphatic hydroxyl groups is 9. The second-order valence-electron chi connectivity index (χ2n) is 10.2. The van der Waals surface area contributed by atoms with Gasteiger partial charge in [-0.1, -0.05) is 13.3 Å². The average molecular weight is 604 g/mol. The van der Waals surface area contributed by atoms with Gasteiger partial charge in [0.25, 0.3) is 0 Å². The molecular formula is C24H45NO16. The second-order valence-corrected chi connectivity index (χ2v) is 10.2. The van der Waals surface area contributed by atoms with Gasteiger partial charge in [-0.25, -0.2) is 0 Å². The SMILES string of the molecule is CCCCOCC1OC(OC2C(O)C(CO)OC(OC3C(O)C(CO)OC(OCNC)C3O)C2O)C(O)C(O)C1O. The quantitative estimate of drug-likeness (QED) is 0.0656. The van der Waals surface area contributed by atoms with Gasteiger partial charge in [-0.15, -0.1) is 0 Å². The van der Waals surface area contributed by atoms with E-state index in [0.29, 0.717) is 6.61 Å². The van der Waals surface area contributed by atoms with Crippen molar-refractivity contribution >= 4 is 0 Å². The lowest BCUT2D eigenvalue weighted by molar-refractivity contribution is -0.381. The molecule has 41 heavy (non-hydrogen) atoms. The van der Waals surface area contributed by atoms with Crippen LogP contribution in [0.5, 0.6) is 0 Å². The Morgan fingerprint density at radius 2 is 1.15 bits per heavy atom. The molecule has 0 spiro atoms. The lowest BCUT2D eigenvalue weighted by Crippen LogP contribution is -2.67. The number of unbranched alkanes of at least 4 members (excludes halogenated alkanes) is 1. The normalized spacial score (nSPS) is 45.6. The minimum Gasteiger partial charge on any atom is -0.394 e. The van der Waals surface area contributed by atoms with E-state index in [4.69, 9.17) is 33.2 Å². The number of rotatable bonds is 14. The first-order valence-electron chi connectivity index (χ1n) is 13.7. The molecule has 3 rings (SSSR count). The summed E-state index contributed by atoms with van der Waals surface area (Å²) in [6, 6.07) is 0. The molecule has 242 valence electrons. The van der Waals surface area contributed by atoms with Crippen LogP contribution in [-0.2, 0) is 33.2 Å². The van der Waals surface area contributed by atoms with Crippen LogP contribution < -0.4 is 5.32 Å². The number of hydrogen-bond acceptors (Lipinski definition) is 17. The number of hydrogen-bond donors (Lipinski definition) is 10. The monoisotopic (exact) mass is 603 g/mol. The summed E-state index contributed by atoms with van der Waals surface area (Å²) in [6.07, 6.45) is -22.0. The predicted molar refractivity (Wildman–Crippen MR) is 133 cm³/mol. The predicted octanol–water partition coefficient (Wildman–Crippen LogP) is -5.55. The second kappa shape index (κ2) is 16.4. The average Bonchev–Trinajstić information content (AvgIpc) is 2.96. The topological polar surface area (TPSA) is 259 Å². The lowest BCUT2D eigenvalue weighted by Gasteiger charge is -2.48. The Balaban J connectivity index is 1.75. The lowest BCUT2D eigenvalue weighted by atomic mass is 9.96. The first-order valence-corrected chi connectivity index (χ1v) is 13.7. The molecule has 3 aliphatic heterocycles. The molecule has 17 nitrogen and oxygen atoms in total. The summed E-state index contributed by atoms with van der Waals surface area (Å²) in [6.45, 7) is 0.683. The van der Waals surface area contributed by atoms with Crippen molar-refractivity contribution in [3.05, 3.63) is 0 Å². The fourth-order valence-electron chi connectivity index (χ4n) is 4.77. The highest BCUT2D eigenvalue weighted by molar-refractivity contribution is 4.96. The van der Waals surface area contributed by atoms with Crippen LogP contribution in [0.1, 0.15) is 19.8 Å². The standard InChI is InChI=1S/C24H45NO16/c1-3-4-5-35-8-12-13(28)16(31)17(32)23(39-12)40-21-15(30)11(7-27)38-24(19(21)34)41-20-14(29)10(6-26)37-22(18(20)33)36-9-25-2/h10-34H,3-9H2,1-2H3. The van der Waals surface area contributed by atoms with Crippen LogP contribution in [0.15, 0.2) is 0 Å². The van der Waals surface area contributed by atoms with Gasteiger partial charge < -0.3 is 79.1 Å². The van der Waals surface area contributed by atoms with Crippen LogP contribution >= 0.6 is 0 Å². The molecule has 0 bridgehead atoms. The van der Waals surface area contributed by atoms with E-state index in [0.717, 1.165) is 12.8 Å². The van der Waals surface area contributed by atoms with Gasteiger partial charge in [0.05, 0.1) is 26.6 Å². The van der Waals surface area contributed by atoms with Crippen molar-refractivity contribution in [3.8, 4) is 0 Å². The Bertz CT molecular complexity index is 754. The van der Waals surface area contributed by atoms with Crippen molar-refractivity contribution in [3.63, 3.8) is 0 Å². The molecule has 0 amide bonds. The Labute approximate surface area is 237 Å². The molecule has 0 saturated carbocycles. The van der Waals surface area contributed by atoms with Crippen LogP contribution in [0.2, 0.25) is 0 Å². The Hall–Kier alpha value is -0.680. The van der Waals surface area contributed by atoms with Crippen LogP contribution in [0, 0.1) is 0 Å². The third kappa shape index (κ3) is 8.28. The van der Waals surface area contributed by atoms with Gasteiger partial charge in [0.15, 0.2) is 18.9 Å². The van der Waals surface area contributed by atoms with Crippen molar-refractivity contribution in [1.82, 2.24) is 5.32 Å². The van der Waals surface area contributed by atoms with Gasteiger partial charge >= 0.3 is 0 Å². The van der Waals surface area contributed by atoms with Crippen molar-refractivity contribution in [2.45, 2.75) is 112 Å². The maximum Gasteiger partial charge on any atom is 0.188 e. The molecule has 3 fully saturated rings. The van der Waals surface area contributed by atoms with E-state index in [1.54, 1.807) is 7.05 Å². The minimum absolute atomic E-state index is 0.0607. The summed E-state index contributed by atoms with van der Waals surface area (Å²) in [7, 11) is 1.57. The third-order valence-electron chi connectivity index (χ3n) is 7.21. The van der Waals surface area contributed by atoms with E-state index in [-0.39, 0.29) is 13.3 Å². The number of aliphatic hydroxyl groups excluding tert-OH is 9. The van der Waals surface area contributed by atoms with Crippen molar-refractivity contribution in [2.24, 2.45) is 0 Å². The maximum atomic E-state index is 11.1. The van der Waals surface area contributed by atoms with Gasteiger partial charge in [0, 0.05) is 6.61 Å². The van der Waals surface area contributed by atoms with Gasteiger partial charge in [-0.05, 0) is 13.5 Å². The Morgan fingerprint density at radius 1 is 0.634 bits per heavy atom. The van der Waals surface area contributed by atoms with Crippen LogP contribution in [-0.4, -0.2) is 178 Å². The van der Waals surface area contributed by atoms with Crippen molar-refractivity contribution in [1.29, 1.82) is 0 Å². The largest absolute Gasteiger partial charge is 0.394 e. The van der Waals surface area contributed by atoms with E-state index >= 15 is 0 Å². The fourth-order valence-corrected chi connectivity index (χ4v) is 4.77. The fraction of sp³-hybridized carbons (Fsp3) is 1.00. The zero-order valence-electron chi connectivity index (χ0n) is 23.0. The zero-order valence-corrected chi connectivity index (χ0v) is 23.0. The summed E-state index contributed by atoms with van der Waals surface area (Å²) >= 11 is 0. The summed E-state index contributed by atoms with van der Waals surface area (Å²) < 4.78 is 38.6. The molecule has 0 aromatic rings. The highest BCUT2D eigenvalue weighted by Crippen LogP contribution is 2.32. The molecule has 17 heteroatoms. The van der Waals surface area contributed by atoms with Crippen LogP contribution in [0.4, 0.5) is 0 Å². The summed E-state index contributed by atoms with van der Waals surface area (Å²) in [5, 5.41) is 96.6. The third-order valence-corrected chi connectivity index (χ3v) is 7.21. The Kier molecular flexibility index (Phi) is 13.9. The van der Waals surface area contributed by atoms with Crippen molar-refractivity contribution < 1.29 is 79.1 Å². The molecule has 0 aromatic heterocycles. The smallest absolute Gasteiger partial charge is 0.188 e. The van der Waals surface area contributed by atoms with Crippen LogP contribution in [0.25, 0.3) is 0 Å². The van der Waals surface area contributed by atoms with Crippen molar-refractivity contribution in [2.75, 3.05) is 40.2 Å². The molecule has 15 atom stereocenters. The van der Waals surface area contributed by atoms with E-state index in [1.807, 2.05) is 6.92 Å². The maximum absolute atomic E-state index is 11.1. The molecule has 0 aromatic carbocycles. The van der Waals surface area contributed by atoms with E-state index < -0.39 is 105 Å². The molecule has 10 N–H and O–H groups in total. The highest BCUT2D eigenvalue weighted by atomic mass is 16.8. The van der Waals surface area contributed by atoms with E-state index in [1.165, 1.54) is 0 Å². The van der Waals surface area contributed by atoms with Gasteiger partial charge in [-0.2, -0.15) is 0 Å². The summed E-state index contributed by atoms with van der Waals surface area (Å²) in [5.41, 5.74) is 0. The summed E-state index contributed by atoms with van der Waals surface area (Å²) in [5.74, 6) is 0. The molecular weight excluding hydrogens is 558 g/mol.